The van der Waals surface area contributed by atoms with Gasteiger partial charge >= 0.3 is 0 Å². The Morgan fingerprint density at radius 1 is 1.47 bits per heavy atom. The predicted octanol–water partition coefficient (Wildman–Crippen LogP) is 0.882. The van der Waals surface area contributed by atoms with Crippen LogP contribution >= 0.6 is 0 Å². The summed E-state index contributed by atoms with van der Waals surface area (Å²) in [7, 11) is 0. The van der Waals surface area contributed by atoms with E-state index in [2.05, 4.69) is 0 Å². The van der Waals surface area contributed by atoms with Crippen LogP contribution in [0.1, 0.15) is 18.5 Å². The van der Waals surface area contributed by atoms with Crippen LogP contribution in [0.25, 0.3) is 0 Å². The molecule has 1 aliphatic rings. The first-order valence-electron chi connectivity index (χ1n) is 4.83. The monoisotopic (exact) mass is 207 g/mol. The van der Waals surface area contributed by atoms with E-state index in [4.69, 9.17) is 4.74 Å². The number of carbonyl (C=O) groups is 1. The number of ether oxygens (including phenoxy) is 1. The van der Waals surface area contributed by atoms with Crippen molar-refractivity contribution in [2.75, 3.05) is 6.61 Å². The number of rotatable bonds is 1. The average Bonchev–Trinajstić information content (AvgIpc) is 2.61. The Balaban J connectivity index is 2.26. The fourth-order valence-corrected chi connectivity index (χ4v) is 1.80. The molecule has 1 N–H and O–H groups in total. The molecule has 1 aromatic carbocycles. The lowest BCUT2D eigenvalue weighted by molar-refractivity contribution is -0.163. The molecular formula is C11H13NO3. The zero-order valence-electron chi connectivity index (χ0n) is 8.46. The first kappa shape index (κ1) is 10.1. The summed E-state index contributed by atoms with van der Waals surface area (Å²) in [6.07, 6.45) is -1.12. The minimum absolute atomic E-state index is 0.182. The van der Waals surface area contributed by atoms with Crippen molar-refractivity contribution in [3.63, 3.8) is 0 Å². The van der Waals surface area contributed by atoms with Crippen LogP contribution in [0, 0.1) is 0 Å². The molecule has 1 saturated heterocycles. The summed E-state index contributed by atoms with van der Waals surface area (Å²) < 4.78 is 5.05. The average molecular weight is 207 g/mol. The highest BCUT2D eigenvalue weighted by Crippen LogP contribution is 2.28. The summed E-state index contributed by atoms with van der Waals surface area (Å²) in [5.74, 6) is -0.186. The van der Waals surface area contributed by atoms with Gasteiger partial charge in [0.1, 0.15) is 0 Å². The molecule has 0 saturated carbocycles. The van der Waals surface area contributed by atoms with Gasteiger partial charge in [-0.1, -0.05) is 30.3 Å². The molecule has 0 radical (unpaired) electrons. The SMILES string of the molecule is CC(=O)N1C(O)OCC1c1ccccc1. The zero-order valence-corrected chi connectivity index (χ0v) is 8.46. The Bertz CT molecular complexity index is 352. The first-order valence-corrected chi connectivity index (χ1v) is 4.83. The Hall–Kier alpha value is -1.39. The van der Waals surface area contributed by atoms with Gasteiger partial charge in [0.25, 0.3) is 0 Å². The molecule has 0 aromatic heterocycles. The molecule has 2 atom stereocenters. The number of amides is 1. The van der Waals surface area contributed by atoms with E-state index in [1.807, 2.05) is 30.3 Å². The number of hydrogen-bond donors (Lipinski definition) is 1. The molecule has 0 aliphatic carbocycles. The minimum Gasteiger partial charge on any atom is -0.351 e. The quantitative estimate of drug-likeness (QED) is 0.743. The topological polar surface area (TPSA) is 49.8 Å². The van der Waals surface area contributed by atoms with Gasteiger partial charge in [0, 0.05) is 6.92 Å². The molecule has 15 heavy (non-hydrogen) atoms. The zero-order chi connectivity index (χ0) is 10.8. The molecule has 80 valence electrons. The Kier molecular flexibility index (Phi) is 2.70. The van der Waals surface area contributed by atoms with E-state index in [0.717, 1.165) is 5.56 Å². The van der Waals surface area contributed by atoms with Crippen molar-refractivity contribution in [2.45, 2.75) is 19.4 Å². The lowest BCUT2D eigenvalue weighted by Gasteiger charge is -2.23. The molecule has 1 amide bonds. The maximum atomic E-state index is 11.3. The van der Waals surface area contributed by atoms with E-state index in [1.165, 1.54) is 11.8 Å². The van der Waals surface area contributed by atoms with Crippen molar-refractivity contribution in [2.24, 2.45) is 0 Å². The summed E-state index contributed by atoms with van der Waals surface area (Å²) in [6.45, 7) is 1.76. The van der Waals surface area contributed by atoms with Crippen LogP contribution in [0.4, 0.5) is 0 Å². The van der Waals surface area contributed by atoms with Gasteiger partial charge < -0.3 is 9.84 Å². The smallest absolute Gasteiger partial charge is 0.240 e. The van der Waals surface area contributed by atoms with Crippen molar-refractivity contribution >= 4 is 5.91 Å². The third kappa shape index (κ3) is 1.86. The molecule has 0 spiro atoms. The Morgan fingerprint density at radius 2 is 2.13 bits per heavy atom. The second-order valence-corrected chi connectivity index (χ2v) is 3.51. The van der Waals surface area contributed by atoms with Gasteiger partial charge in [0.15, 0.2) is 0 Å². The van der Waals surface area contributed by atoms with Crippen LogP contribution in [0.2, 0.25) is 0 Å². The number of aliphatic hydroxyl groups is 1. The van der Waals surface area contributed by atoms with Crippen molar-refractivity contribution < 1.29 is 14.6 Å². The van der Waals surface area contributed by atoms with Gasteiger partial charge in [-0.05, 0) is 5.56 Å². The maximum Gasteiger partial charge on any atom is 0.240 e. The predicted molar refractivity (Wildman–Crippen MR) is 53.7 cm³/mol. The van der Waals surface area contributed by atoms with Gasteiger partial charge in [-0.3, -0.25) is 9.69 Å². The molecule has 1 heterocycles. The molecule has 2 rings (SSSR count). The fourth-order valence-electron chi connectivity index (χ4n) is 1.80. The summed E-state index contributed by atoms with van der Waals surface area (Å²) in [5, 5.41) is 9.47. The first-order chi connectivity index (χ1) is 7.20. The van der Waals surface area contributed by atoms with Gasteiger partial charge in [-0.25, -0.2) is 0 Å². The summed E-state index contributed by atoms with van der Waals surface area (Å²) >= 11 is 0. The molecule has 2 unspecified atom stereocenters. The second-order valence-electron chi connectivity index (χ2n) is 3.51. The molecule has 0 bridgehead atoms. The third-order valence-corrected chi connectivity index (χ3v) is 2.52. The largest absolute Gasteiger partial charge is 0.351 e. The van der Waals surface area contributed by atoms with E-state index in [9.17, 15) is 9.90 Å². The van der Waals surface area contributed by atoms with Crippen molar-refractivity contribution in [3.05, 3.63) is 35.9 Å². The van der Waals surface area contributed by atoms with E-state index >= 15 is 0 Å². The van der Waals surface area contributed by atoms with Crippen LogP contribution in [0.3, 0.4) is 0 Å². The highest BCUT2D eigenvalue weighted by Gasteiger charge is 2.35. The van der Waals surface area contributed by atoms with E-state index in [0.29, 0.717) is 6.61 Å². The van der Waals surface area contributed by atoms with Crippen molar-refractivity contribution in [3.8, 4) is 0 Å². The van der Waals surface area contributed by atoms with Crippen LogP contribution in [-0.4, -0.2) is 28.9 Å². The fraction of sp³-hybridized carbons (Fsp3) is 0.364. The van der Waals surface area contributed by atoms with Crippen LogP contribution in [-0.2, 0) is 9.53 Å². The lowest BCUT2D eigenvalue weighted by atomic mass is 10.1. The third-order valence-electron chi connectivity index (χ3n) is 2.52. The maximum absolute atomic E-state index is 11.3. The number of hydrogen-bond acceptors (Lipinski definition) is 3. The van der Waals surface area contributed by atoms with E-state index in [1.54, 1.807) is 0 Å². The van der Waals surface area contributed by atoms with Crippen LogP contribution < -0.4 is 0 Å². The highest BCUT2D eigenvalue weighted by molar-refractivity contribution is 5.74. The van der Waals surface area contributed by atoms with E-state index < -0.39 is 6.41 Å². The number of carbonyl (C=O) groups excluding carboxylic acids is 1. The molecule has 1 aliphatic heterocycles. The highest BCUT2D eigenvalue weighted by atomic mass is 16.6. The van der Waals surface area contributed by atoms with Crippen LogP contribution in [0.5, 0.6) is 0 Å². The Morgan fingerprint density at radius 3 is 2.73 bits per heavy atom. The van der Waals surface area contributed by atoms with Gasteiger partial charge in [-0.15, -0.1) is 0 Å². The summed E-state index contributed by atoms with van der Waals surface area (Å²) in [5.41, 5.74) is 0.976. The van der Waals surface area contributed by atoms with E-state index in [-0.39, 0.29) is 11.9 Å². The van der Waals surface area contributed by atoms with Gasteiger partial charge in [-0.2, -0.15) is 0 Å². The van der Waals surface area contributed by atoms with Crippen molar-refractivity contribution in [1.82, 2.24) is 4.90 Å². The van der Waals surface area contributed by atoms with Gasteiger partial charge in [0.05, 0.1) is 12.6 Å². The molecule has 4 heteroatoms. The molecule has 4 nitrogen and oxygen atoms in total. The second kappa shape index (κ2) is 4.00. The summed E-state index contributed by atoms with van der Waals surface area (Å²) in [6, 6.07) is 9.37. The lowest BCUT2D eigenvalue weighted by Crippen LogP contribution is -2.36. The number of benzene rings is 1. The number of nitrogens with zero attached hydrogens (tertiary/aromatic N) is 1. The Labute approximate surface area is 88.1 Å². The van der Waals surface area contributed by atoms with Gasteiger partial charge in [0.2, 0.25) is 12.3 Å². The normalized spacial score (nSPS) is 25.6. The van der Waals surface area contributed by atoms with Crippen molar-refractivity contribution in [1.29, 1.82) is 0 Å². The number of aliphatic hydroxyl groups excluding tert-OH is 1. The summed E-state index contributed by atoms with van der Waals surface area (Å²) in [4.78, 5) is 12.7. The molecule has 1 aromatic rings. The van der Waals surface area contributed by atoms with Crippen LogP contribution in [0.15, 0.2) is 30.3 Å². The molecular weight excluding hydrogens is 194 g/mol. The standard InChI is InChI=1S/C11H13NO3/c1-8(13)12-10(7-15-11(12)14)9-5-3-2-4-6-9/h2-6,10-11,14H,7H2,1H3. The minimum atomic E-state index is -1.12. The molecule has 1 fully saturated rings.